The van der Waals surface area contributed by atoms with Crippen LogP contribution in [0, 0.1) is 0 Å². The van der Waals surface area contributed by atoms with Crippen molar-refractivity contribution in [3.05, 3.63) is 70.1 Å². The lowest BCUT2D eigenvalue weighted by Crippen LogP contribution is -2.19. The molecule has 3 aliphatic heterocycles. The second-order valence-corrected chi connectivity index (χ2v) is 8.96. The van der Waals surface area contributed by atoms with E-state index >= 15 is 0 Å². The van der Waals surface area contributed by atoms with E-state index in [1.165, 1.54) is 4.68 Å². The molecule has 0 atom stereocenters. The summed E-state index contributed by atoms with van der Waals surface area (Å²) in [5.41, 5.74) is 3.38. The second-order valence-electron chi connectivity index (χ2n) is 8.02. The molecule has 0 radical (unpaired) electrons. The van der Waals surface area contributed by atoms with Crippen LogP contribution in [0.5, 0.6) is 11.5 Å². The highest BCUT2D eigenvalue weighted by molar-refractivity contribution is 7.98. The lowest BCUT2D eigenvalue weighted by molar-refractivity contribution is 0.400. The first-order chi connectivity index (χ1) is 16.2. The minimum Gasteiger partial charge on any atom is -0.497 e. The van der Waals surface area contributed by atoms with E-state index < -0.39 is 0 Å². The number of hydrogen-bond donors (Lipinski definition) is 0. The molecule has 5 rings (SSSR count). The zero-order valence-electron chi connectivity index (χ0n) is 18.8. The van der Waals surface area contributed by atoms with E-state index in [4.69, 9.17) is 14.5 Å². The Bertz CT molecular complexity index is 1300. The molecule has 2 aromatic carbocycles. The first-order valence-electron chi connectivity index (χ1n) is 11.1. The summed E-state index contributed by atoms with van der Waals surface area (Å²) in [6.07, 6.45) is 4.12. The lowest BCUT2D eigenvalue weighted by Gasteiger charge is -2.18. The number of methoxy groups -OCH3 is 2. The fourth-order valence-electron chi connectivity index (χ4n) is 4.34. The molecule has 170 valence electrons. The van der Waals surface area contributed by atoms with E-state index in [0.717, 1.165) is 65.8 Å². The van der Waals surface area contributed by atoms with Crippen LogP contribution in [-0.4, -0.2) is 33.6 Å². The Labute approximate surface area is 196 Å². The van der Waals surface area contributed by atoms with Gasteiger partial charge in [0.2, 0.25) is 0 Å². The SMILES string of the molecule is COc1ccc(OC)c(CSc2nc3nn(-c4ccccc4)c(=O)c-3c3n2CCCCC3)c1. The molecule has 0 aromatic heterocycles. The molecule has 2 aromatic rings. The van der Waals surface area contributed by atoms with Crippen LogP contribution in [0.1, 0.15) is 30.5 Å². The van der Waals surface area contributed by atoms with Crippen molar-refractivity contribution in [1.29, 1.82) is 0 Å². The van der Waals surface area contributed by atoms with E-state index in [1.807, 2.05) is 48.5 Å². The molecule has 0 saturated carbocycles. The van der Waals surface area contributed by atoms with Gasteiger partial charge in [-0.1, -0.05) is 36.4 Å². The van der Waals surface area contributed by atoms with Gasteiger partial charge in [0.05, 0.1) is 19.9 Å². The van der Waals surface area contributed by atoms with Gasteiger partial charge >= 0.3 is 0 Å². The van der Waals surface area contributed by atoms with E-state index in [9.17, 15) is 4.79 Å². The number of rotatable bonds is 6. The van der Waals surface area contributed by atoms with Crippen LogP contribution in [0.2, 0.25) is 0 Å². The molecule has 0 amide bonds. The Morgan fingerprint density at radius 2 is 1.88 bits per heavy atom. The molecule has 0 unspecified atom stereocenters. The normalized spacial score (nSPS) is 13.5. The molecule has 0 spiro atoms. The van der Waals surface area contributed by atoms with Crippen molar-refractivity contribution in [3.8, 4) is 28.6 Å². The van der Waals surface area contributed by atoms with Crippen LogP contribution in [0.3, 0.4) is 0 Å². The predicted octanol–water partition coefficient (Wildman–Crippen LogP) is 4.57. The van der Waals surface area contributed by atoms with Crippen LogP contribution in [0.4, 0.5) is 0 Å². The van der Waals surface area contributed by atoms with Crippen molar-refractivity contribution in [3.63, 3.8) is 0 Å². The van der Waals surface area contributed by atoms with Crippen LogP contribution in [0.25, 0.3) is 17.1 Å². The maximum Gasteiger partial charge on any atom is 0.284 e. The maximum absolute atomic E-state index is 13.4. The first-order valence-corrected chi connectivity index (χ1v) is 12.1. The summed E-state index contributed by atoms with van der Waals surface area (Å²) >= 11 is 1.64. The molecule has 0 fully saturated rings. The molecule has 33 heavy (non-hydrogen) atoms. The molecule has 0 bridgehead atoms. The van der Waals surface area contributed by atoms with E-state index in [1.54, 1.807) is 26.0 Å². The summed E-state index contributed by atoms with van der Waals surface area (Å²) in [6, 6.07) is 15.3. The van der Waals surface area contributed by atoms with Gasteiger partial charge in [0, 0.05) is 23.6 Å². The third-order valence-electron chi connectivity index (χ3n) is 6.01. The maximum atomic E-state index is 13.4. The van der Waals surface area contributed by atoms with Crippen LogP contribution in [-0.2, 0) is 18.7 Å². The van der Waals surface area contributed by atoms with Gasteiger partial charge in [-0.25, -0.2) is 4.98 Å². The Kier molecular flexibility index (Phi) is 6.09. The second kappa shape index (κ2) is 9.31. The summed E-state index contributed by atoms with van der Waals surface area (Å²) in [7, 11) is 3.33. The van der Waals surface area contributed by atoms with Gasteiger partial charge in [0.1, 0.15) is 17.1 Å². The highest BCUT2D eigenvalue weighted by Gasteiger charge is 2.27. The van der Waals surface area contributed by atoms with Gasteiger partial charge in [0.15, 0.2) is 11.0 Å². The molecular formula is C25H26N4O3S. The minimum atomic E-state index is -0.0969. The van der Waals surface area contributed by atoms with Crippen molar-refractivity contribution in [1.82, 2.24) is 19.3 Å². The van der Waals surface area contributed by atoms with Crippen LogP contribution in [0.15, 0.2) is 58.5 Å². The summed E-state index contributed by atoms with van der Waals surface area (Å²) in [4.78, 5) is 18.2. The van der Waals surface area contributed by atoms with Gasteiger partial charge in [0.25, 0.3) is 5.56 Å². The van der Waals surface area contributed by atoms with E-state index in [0.29, 0.717) is 17.1 Å². The van der Waals surface area contributed by atoms with Crippen LogP contribution >= 0.6 is 11.8 Å². The Hall–Kier alpha value is -3.26. The van der Waals surface area contributed by atoms with Gasteiger partial charge in [-0.05, 0) is 49.6 Å². The number of ether oxygens (including phenoxy) is 2. The van der Waals surface area contributed by atoms with E-state index in [2.05, 4.69) is 9.67 Å². The summed E-state index contributed by atoms with van der Waals surface area (Å²) < 4.78 is 14.6. The van der Waals surface area contributed by atoms with Gasteiger partial charge in [-0.2, -0.15) is 4.68 Å². The molecule has 0 aliphatic carbocycles. The quantitative estimate of drug-likeness (QED) is 0.309. The smallest absolute Gasteiger partial charge is 0.284 e. The average molecular weight is 463 g/mol. The van der Waals surface area contributed by atoms with Crippen molar-refractivity contribution in [2.24, 2.45) is 0 Å². The lowest BCUT2D eigenvalue weighted by atomic mass is 10.1. The Balaban J connectivity index is 1.59. The zero-order chi connectivity index (χ0) is 22.8. The van der Waals surface area contributed by atoms with Crippen molar-refractivity contribution in [2.75, 3.05) is 14.2 Å². The number of para-hydroxylation sites is 1. The number of thioether (sulfide) groups is 1. The monoisotopic (exact) mass is 462 g/mol. The highest BCUT2D eigenvalue weighted by Crippen LogP contribution is 2.34. The Morgan fingerprint density at radius 3 is 2.67 bits per heavy atom. The molecule has 7 nitrogen and oxygen atoms in total. The number of fused-ring (bicyclic) bond motifs is 3. The number of benzene rings is 2. The van der Waals surface area contributed by atoms with Crippen molar-refractivity contribution < 1.29 is 9.47 Å². The zero-order valence-corrected chi connectivity index (χ0v) is 19.6. The molecule has 0 N–H and O–H groups in total. The molecular weight excluding hydrogens is 436 g/mol. The highest BCUT2D eigenvalue weighted by atomic mass is 32.2. The summed E-state index contributed by atoms with van der Waals surface area (Å²) in [5, 5.41) is 5.50. The number of hydrogen-bond acceptors (Lipinski definition) is 6. The van der Waals surface area contributed by atoms with Crippen molar-refractivity contribution >= 4 is 11.8 Å². The van der Waals surface area contributed by atoms with Crippen LogP contribution < -0.4 is 15.0 Å². The van der Waals surface area contributed by atoms with E-state index in [-0.39, 0.29) is 5.56 Å². The Morgan fingerprint density at radius 1 is 1.03 bits per heavy atom. The molecule has 8 heteroatoms. The largest absolute Gasteiger partial charge is 0.497 e. The third kappa shape index (κ3) is 4.11. The fraction of sp³-hybridized carbons (Fsp3) is 0.320. The molecule has 3 aliphatic rings. The first kappa shape index (κ1) is 21.6. The topological polar surface area (TPSA) is 71.2 Å². The number of nitrogens with zero attached hydrogens (tertiary/aromatic N) is 4. The molecule has 0 saturated heterocycles. The van der Waals surface area contributed by atoms with Gasteiger partial charge in [-0.3, -0.25) is 4.79 Å². The van der Waals surface area contributed by atoms with Crippen molar-refractivity contribution in [2.45, 2.75) is 43.1 Å². The fourth-order valence-corrected chi connectivity index (χ4v) is 5.36. The third-order valence-corrected chi connectivity index (χ3v) is 7.04. The van der Waals surface area contributed by atoms with Gasteiger partial charge in [-0.15, -0.1) is 5.10 Å². The summed E-state index contributed by atoms with van der Waals surface area (Å²) in [6.45, 7) is 0.853. The molecule has 3 heterocycles. The minimum absolute atomic E-state index is 0.0969. The summed E-state index contributed by atoms with van der Waals surface area (Å²) in [5.74, 6) is 2.79. The number of aromatic nitrogens is 4. The standard InChI is InChI=1S/C25H26N4O3S/c1-31-19-12-13-21(32-2)17(15-19)16-33-25-26-23-22(20-11-7-4-8-14-28(20)25)24(30)29(27-23)18-9-5-3-6-10-18/h3,5-6,9-10,12-13,15H,4,7-8,11,14,16H2,1-2H3. The average Bonchev–Trinajstić information content (AvgIpc) is 3.02. The predicted molar refractivity (Wildman–Crippen MR) is 129 cm³/mol. The van der Waals surface area contributed by atoms with Gasteiger partial charge < -0.3 is 14.0 Å².